The Balaban J connectivity index is 0.00000110. The Morgan fingerprint density at radius 2 is 1.39 bits per heavy atom. The maximum atomic E-state index is 12.5. The normalized spacial score (nSPS) is 10.6. The number of hydrogen-bond donors (Lipinski definition) is 1. The molecule has 38 heavy (non-hydrogen) atoms. The maximum absolute atomic E-state index is 12.5. The van der Waals surface area contributed by atoms with Gasteiger partial charge in [0.25, 0.3) is 0 Å². The minimum atomic E-state index is -0.0840. The van der Waals surface area contributed by atoms with Gasteiger partial charge in [-0.25, -0.2) is 4.98 Å². The van der Waals surface area contributed by atoms with Gasteiger partial charge < -0.3 is 9.84 Å². The summed E-state index contributed by atoms with van der Waals surface area (Å²) in [6.45, 7) is 20.1. The Labute approximate surface area is 228 Å². The van der Waals surface area contributed by atoms with Crippen molar-refractivity contribution in [2.45, 2.75) is 48.5 Å². The lowest BCUT2D eigenvalue weighted by atomic mass is 9.96. The molecule has 0 saturated carbocycles. The monoisotopic (exact) mass is 511 g/mol. The maximum Gasteiger partial charge on any atom is 0.164 e. The number of aliphatic hydroxyl groups excluding tert-OH is 1. The second-order valence-electron chi connectivity index (χ2n) is 8.29. The first-order valence-corrected chi connectivity index (χ1v) is 12.7. The van der Waals surface area contributed by atoms with Crippen LogP contribution >= 0.6 is 0 Å². The topological polar surface area (TPSA) is 59.4 Å². The number of benzene rings is 2. The minimum Gasteiger partial charge on any atom is -0.513 e. The highest BCUT2D eigenvalue weighted by Gasteiger charge is 2.22. The minimum absolute atomic E-state index is 0.0840. The van der Waals surface area contributed by atoms with Crippen molar-refractivity contribution in [1.29, 1.82) is 0 Å². The number of methoxy groups -OCH3 is 1. The average Bonchev–Trinajstić information content (AvgIpc) is 2.93. The van der Waals surface area contributed by atoms with E-state index < -0.39 is 0 Å². The molecular formula is C34H41NO3. The summed E-state index contributed by atoms with van der Waals surface area (Å²) < 4.78 is 5.67. The van der Waals surface area contributed by atoms with E-state index >= 15 is 0 Å². The summed E-state index contributed by atoms with van der Waals surface area (Å²) in [7, 11) is 1.57. The molecule has 2 aromatic carbocycles. The summed E-state index contributed by atoms with van der Waals surface area (Å²) >= 11 is 0. The van der Waals surface area contributed by atoms with Gasteiger partial charge in [0.15, 0.2) is 11.5 Å². The standard InChI is InChI=1S/C29H29NO2.C3H6O.C2H6/c1-7-10-26-25(9-3)27(20(5)31)29(32-6)28(30-26)24-17-15-23(16-18-24)22-13-11-21(12-14-22)19(4)8-2;1-3(2)4;1-2/h7-18H,3H2,1-2,4-6H3;4H,1H2,2H3;1-2H3/b10-7-,19-8+;;. The molecule has 0 unspecified atom stereocenters. The van der Waals surface area contributed by atoms with Crippen LogP contribution in [0.1, 0.15) is 75.6 Å². The van der Waals surface area contributed by atoms with Gasteiger partial charge in [-0.15, -0.1) is 0 Å². The van der Waals surface area contributed by atoms with E-state index in [1.54, 1.807) is 13.2 Å². The van der Waals surface area contributed by atoms with Crippen LogP contribution in [0.15, 0.2) is 79.6 Å². The van der Waals surface area contributed by atoms with Gasteiger partial charge in [0.1, 0.15) is 5.69 Å². The Morgan fingerprint density at radius 3 is 1.79 bits per heavy atom. The van der Waals surface area contributed by atoms with Gasteiger partial charge in [-0.3, -0.25) is 4.79 Å². The van der Waals surface area contributed by atoms with Gasteiger partial charge in [-0.1, -0.05) is 93.8 Å². The van der Waals surface area contributed by atoms with Gasteiger partial charge in [0, 0.05) is 11.1 Å². The van der Waals surface area contributed by atoms with Crippen LogP contribution < -0.4 is 4.74 Å². The van der Waals surface area contributed by atoms with Crippen LogP contribution in [0.4, 0.5) is 0 Å². The zero-order valence-electron chi connectivity index (χ0n) is 24.1. The summed E-state index contributed by atoms with van der Waals surface area (Å²) in [4.78, 5) is 17.3. The number of ketones is 1. The van der Waals surface area contributed by atoms with Crippen molar-refractivity contribution < 1.29 is 14.6 Å². The number of carbonyl (C=O) groups excluding carboxylic acids is 1. The molecule has 0 spiro atoms. The molecule has 0 aliphatic carbocycles. The fraction of sp³-hybridized carbons (Fsp3) is 0.235. The smallest absolute Gasteiger partial charge is 0.164 e. The van der Waals surface area contributed by atoms with Crippen molar-refractivity contribution >= 4 is 23.5 Å². The van der Waals surface area contributed by atoms with Crippen LogP contribution in [0.5, 0.6) is 5.75 Å². The highest BCUT2D eigenvalue weighted by molar-refractivity contribution is 6.03. The number of rotatable bonds is 7. The average molecular weight is 512 g/mol. The number of nitrogens with zero attached hydrogens (tertiary/aromatic N) is 1. The number of pyridine rings is 1. The van der Waals surface area contributed by atoms with Crippen LogP contribution in [0.25, 0.3) is 40.1 Å². The summed E-state index contributed by atoms with van der Waals surface area (Å²) in [5.74, 6) is 0.555. The summed E-state index contributed by atoms with van der Waals surface area (Å²) in [5, 5.41) is 7.86. The van der Waals surface area contributed by atoms with E-state index in [0.717, 1.165) is 16.7 Å². The van der Waals surface area contributed by atoms with Crippen molar-refractivity contribution in [2.75, 3.05) is 7.11 Å². The molecule has 3 aromatic rings. The number of hydrogen-bond acceptors (Lipinski definition) is 4. The third-order valence-corrected chi connectivity index (χ3v) is 5.57. The van der Waals surface area contributed by atoms with E-state index in [2.05, 4.69) is 62.6 Å². The largest absolute Gasteiger partial charge is 0.513 e. The molecule has 0 saturated heterocycles. The van der Waals surface area contributed by atoms with Crippen molar-refractivity contribution in [3.05, 3.63) is 102 Å². The zero-order chi connectivity index (χ0) is 28.8. The fourth-order valence-corrected chi connectivity index (χ4v) is 3.75. The van der Waals surface area contributed by atoms with Gasteiger partial charge >= 0.3 is 0 Å². The Kier molecular flexibility index (Phi) is 13.3. The van der Waals surface area contributed by atoms with Crippen molar-refractivity contribution in [2.24, 2.45) is 0 Å². The SMILES string of the molecule is C=C(C)O.C=Cc1c(/C=C\C)nc(-c2ccc(-c3ccc(/C(C)=C/C)cc3)cc2)c(OC)c1C(C)=O.CC. The van der Waals surface area contributed by atoms with E-state index in [1.807, 2.05) is 52.0 Å². The third-order valence-electron chi connectivity index (χ3n) is 5.57. The molecule has 1 heterocycles. The molecule has 1 N–H and O–H groups in total. The fourth-order valence-electron chi connectivity index (χ4n) is 3.75. The van der Waals surface area contributed by atoms with Crippen LogP contribution in [-0.4, -0.2) is 23.0 Å². The van der Waals surface area contributed by atoms with Gasteiger partial charge in [-0.05, 0) is 63.0 Å². The van der Waals surface area contributed by atoms with Crippen molar-refractivity contribution in [1.82, 2.24) is 4.98 Å². The highest BCUT2D eigenvalue weighted by atomic mass is 16.5. The number of ether oxygens (including phenoxy) is 1. The molecule has 1 aromatic heterocycles. The number of allylic oxidation sites excluding steroid dienone is 4. The first-order valence-electron chi connectivity index (χ1n) is 12.7. The molecule has 0 atom stereocenters. The molecule has 200 valence electrons. The van der Waals surface area contributed by atoms with Gasteiger partial charge in [0.05, 0.1) is 24.1 Å². The Morgan fingerprint density at radius 1 is 0.921 bits per heavy atom. The lowest BCUT2D eigenvalue weighted by Crippen LogP contribution is -2.07. The second-order valence-corrected chi connectivity index (χ2v) is 8.29. The molecule has 0 bridgehead atoms. The van der Waals surface area contributed by atoms with Crippen LogP contribution in [0.3, 0.4) is 0 Å². The highest BCUT2D eigenvalue weighted by Crippen LogP contribution is 2.37. The lowest BCUT2D eigenvalue weighted by molar-refractivity contribution is 0.101. The molecule has 0 amide bonds. The number of carbonyl (C=O) groups is 1. The van der Waals surface area contributed by atoms with Crippen molar-refractivity contribution in [3.63, 3.8) is 0 Å². The molecular weight excluding hydrogens is 470 g/mol. The van der Waals surface area contributed by atoms with E-state index in [-0.39, 0.29) is 11.5 Å². The molecule has 0 aliphatic rings. The third kappa shape index (κ3) is 8.17. The Hall–Kier alpha value is -4.18. The van der Waals surface area contributed by atoms with Gasteiger partial charge in [0.2, 0.25) is 0 Å². The molecule has 3 rings (SSSR count). The zero-order valence-corrected chi connectivity index (χ0v) is 24.1. The van der Waals surface area contributed by atoms with Crippen LogP contribution in [0, 0.1) is 0 Å². The predicted molar refractivity (Wildman–Crippen MR) is 165 cm³/mol. The molecule has 0 fully saturated rings. The van der Waals surface area contributed by atoms with E-state index in [0.29, 0.717) is 28.3 Å². The Bertz CT molecular complexity index is 1290. The number of Topliss-reactive ketones (excluding diaryl/α,β-unsaturated/α-hetero) is 1. The quantitative estimate of drug-likeness (QED) is 0.253. The molecule has 4 nitrogen and oxygen atoms in total. The molecule has 4 heteroatoms. The second kappa shape index (κ2) is 15.8. The van der Waals surface area contributed by atoms with Crippen LogP contribution in [0.2, 0.25) is 0 Å². The number of aromatic nitrogens is 1. The van der Waals surface area contributed by atoms with Crippen LogP contribution in [-0.2, 0) is 0 Å². The first kappa shape index (κ1) is 31.8. The summed E-state index contributed by atoms with van der Waals surface area (Å²) in [6.07, 6.45) is 7.56. The molecule has 0 aliphatic heterocycles. The van der Waals surface area contributed by atoms with E-state index in [1.165, 1.54) is 25.0 Å². The van der Waals surface area contributed by atoms with Gasteiger partial charge in [-0.2, -0.15) is 0 Å². The summed E-state index contributed by atoms with van der Waals surface area (Å²) in [5.41, 5.74) is 8.14. The predicted octanol–water partition coefficient (Wildman–Crippen LogP) is 9.83. The number of aliphatic hydroxyl groups is 1. The van der Waals surface area contributed by atoms with E-state index in [4.69, 9.17) is 14.8 Å². The summed E-state index contributed by atoms with van der Waals surface area (Å²) in [6, 6.07) is 16.7. The lowest BCUT2D eigenvalue weighted by Gasteiger charge is -2.17. The first-order chi connectivity index (χ1) is 18.2. The van der Waals surface area contributed by atoms with Crippen molar-refractivity contribution in [3.8, 4) is 28.1 Å². The van der Waals surface area contributed by atoms with E-state index in [9.17, 15) is 4.79 Å². The molecule has 0 radical (unpaired) electrons.